The van der Waals surface area contributed by atoms with Crippen LogP contribution in [0.25, 0.3) is 0 Å². The summed E-state index contributed by atoms with van der Waals surface area (Å²) in [6.45, 7) is 10.3. The van der Waals surface area contributed by atoms with Crippen LogP contribution in [0.4, 0.5) is 0 Å². The minimum absolute atomic E-state index is 0.175. The van der Waals surface area contributed by atoms with Gasteiger partial charge in [0, 0.05) is 17.9 Å². The maximum atomic E-state index is 14.0. The van der Waals surface area contributed by atoms with Crippen molar-refractivity contribution in [2.75, 3.05) is 19.7 Å². The molecule has 2 N–H and O–H groups in total. The number of ether oxygens (including phenoxy) is 1. The Labute approximate surface area is 198 Å². The standard InChI is InChI=1S/C23H35BrN2O6/c1-5-7-9-25(8-6-2)21(29)19-23-11-15(24)18(32-23)16(22(30)31)17(23)20(28)26(19)14(12-27)10-13(3)4/h6,13-19,27H,2,5,7-12H2,1,3-4H3,(H,30,31)/t14-,15?,16-,17+,18-,19-,23+/m1/s1. The predicted octanol–water partition coefficient (Wildman–Crippen LogP) is 2.04. The average Bonchev–Trinajstić information content (AvgIpc) is 3.32. The summed E-state index contributed by atoms with van der Waals surface area (Å²) in [6, 6.07) is -1.55. The first-order valence-electron chi connectivity index (χ1n) is 11.5. The number of aliphatic hydroxyl groups excluding tert-OH is 1. The molecular weight excluding hydrogens is 480 g/mol. The molecule has 2 amide bonds. The van der Waals surface area contributed by atoms with Gasteiger partial charge in [-0.15, -0.1) is 6.58 Å². The van der Waals surface area contributed by atoms with Crippen molar-refractivity contribution in [2.24, 2.45) is 17.8 Å². The van der Waals surface area contributed by atoms with Crippen molar-refractivity contribution < 1.29 is 29.3 Å². The zero-order chi connectivity index (χ0) is 23.8. The number of amides is 2. The third-order valence-corrected chi connectivity index (χ3v) is 7.88. The van der Waals surface area contributed by atoms with Gasteiger partial charge in [0.05, 0.1) is 30.6 Å². The second-order valence-electron chi connectivity index (χ2n) is 9.64. The fourth-order valence-electron chi connectivity index (χ4n) is 5.81. The Hall–Kier alpha value is -1.45. The van der Waals surface area contributed by atoms with Crippen LogP contribution in [0.5, 0.6) is 0 Å². The molecule has 3 rings (SSSR count). The van der Waals surface area contributed by atoms with Crippen LogP contribution in [0.2, 0.25) is 0 Å². The molecule has 3 aliphatic heterocycles. The van der Waals surface area contributed by atoms with Gasteiger partial charge in [0.15, 0.2) is 0 Å². The number of halogens is 1. The minimum atomic E-state index is -1.22. The fraction of sp³-hybridized carbons (Fsp3) is 0.783. The van der Waals surface area contributed by atoms with E-state index < -0.39 is 47.5 Å². The van der Waals surface area contributed by atoms with Crippen molar-refractivity contribution in [3.8, 4) is 0 Å². The molecule has 3 fully saturated rings. The normalized spacial score (nSPS) is 34.1. The molecule has 32 heavy (non-hydrogen) atoms. The molecule has 9 heteroatoms. The van der Waals surface area contributed by atoms with Crippen LogP contribution in [-0.2, 0) is 19.1 Å². The molecule has 3 saturated heterocycles. The molecule has 0 saturated carbocycles. The van der Waals surface area contributed by atoms with Crippen molar-refractivity contribution in [3.05, 3.63) is 12.7 Å². The van der Waals surface area contributed by atoms with E-state index in [1.807, 2.05) is 20.8 Å². The number of fused-ring (bicyclic) bond motifs is 1. The molecule has 180 valence electrons. The number of aliphatic carboxylic acids is 1. The van der Waals surface area contributed by atoms with Gasteiger partial charge in [0.25, 0.3) is 0 Å². The topological polar surface area (TPSA) is 107 Å². The zero-order valence-electron chi connectivity index (χ0n) is 19.1. The number of hydrogen-bond acceptors (Lipinski definition) is 5. The number of likely N-dealkylation sites (tertiary alicyclic amines) is 1. The summed E-state index contributed by atoms with van der Waals surface area (Å²) in [5, 5.41) is 20.1. The highest BCUT2D eigenvalue weighted by Gasteiger charge is 2.77. The van der Waals surface area contributed by atoms with Gasteiger partial charge < -0.3 is 24.7 Å². The number of aliphatic hydroxyl groups is 1. The molecule has 3 heterocycles. The van der Waals surface area contributed by atoms with Crippen molar-refractivity contribution in [3.63, 3.8) is 0 Å². The van der Waals surface area contributed by atoms with Crippen LogP contribution in [0.1, 0.15) is 46.5 Å². The van der Waals surface area contributed by atoms with E-state index in [0.717, 1.165) is 12.8 Å². The van der Waals surface area contributed by atoms with Gasteiger partial charge >= 0.3 is 5.97 Å². The number of unbranched alkanes of at least 4 members (excludes halogenated alkanes) is 1. The number of carbonyl (C=O) groups excluding carboxylic acids is 2. The first-order chi connectivity index (χ1) is 15.1. The minimum Gasteiger partial charge on any atom is -0.481 e. The molecule has 3 aliphatic rings. The molecule has 7 atom stereocenters. The first kappa shape index (κ1) is 25.2. The van der Waals surface area contributed by atoms with Gasteiger partial charge in [-0.05, 0) is 25.2 Å². The predicted molar refractivity (Wildman–Crippen MR) is 122 cm³/mol. The highest BCUT2D eigenvalue weighted by Crippen LogP contribution is 2.60. The third kappa shape index (κ3) is 4.01. The molecule has 0 aromatic heterocycles. The number of alkyl halides is 1. The fourth-order valence-corrected chi connectivity index (χ4v) is 6.75. The van der Waals surface area contributed by atoms with E-state index in [2.05, 4.69) is 22.5 Å². The van der Waals surface area contributed by atoms with E-state index in [0.29, 0.717) is 25.9 Å². The Morgan fingerprint density at radius 2 is 2.12 bits per heavy atom. The molecule has 2 bridgehead atoms. The van der Waals surface area contributed by atoms with Crippen molar-refractivity contribution in [1.29, 1.82) is 0 Å². The van der Waals surface area contributed by atoms with Crippen LogP contribution in [0, 0.1) is 17.8 Å². The summed E-state index contributed by atoms with van der Waals surface area (Å²) in [7, 11) is 0. The molecule has 8 nitrogen and oxygen atoms in total. The van der Waals surface area contributed by atoms with Gasteiger partial charge in [-0.1, -0.05) is 49.2 Å². The second kappa shape index (κ2) is 9.81. The van der Waals surface area contributed by atoms with Gasteiger partial charge in [-0.3, -0.25) is 14.4 Å². The van der Waals surface area contributed by atoms with Crippen molar-refractivity contribution in [1.82, 2.24) is 9.80 Å². The summed E-state index contributed by atoms with van der Waals surface area (Å²) < 4.78 is 6.29. The van der Waals surface area contributed by atoms with Crippen LogP contribution in [-0.4, -0.2) is 86.1 Å². The Morgan fingerprint density at radius 1 is 1.44 bits per heavy atom. The SMILES string of the molecule is C=CCN(CCCC)C(=O)[C@H]1N([C@@H](CO)CC(C)C)C(=O)[C@@H]2[C@@H](C(=O)O)[C@@H]3O[C@@]21CC3Br. The number of carboxylic acid groups (broad SMARTS) is 1. The van der Waals surface area contributed by atoms with E-state index in [1.54, 1.807) is 11.0 Å². The third-order valence-electron chi connectivity index (χ3n) is 7.04. The number of carbonyl (C=O) groups is 3. The highest BCUT2D eigenvalue weighted by molar-refractivity contribution is 9.09. The lowest BCUT2D eigenvalue weighted by molar-refractivity contribution is -0.153. The van der Waals surface area contributed by atoms with Crippen LogP contribution >= 0.6 is 15.9 Å². The lowest BCUT2D eigenvalue weighted by Crippen LogP contribution is -2.59. The molecule has 0 aromatic rings. The smallest absolute Gasteiger partial charge is 0.310 e. The van der Waals surface area contributed by atoms with Crippen LogP contribution in [0.3, 0.4) is 0 Å². The van der Waals surface area contributed by atoms with E-state index in [-0.39, 0.29) is 23.3 Å². The Bertz CT molecular complexity index is 761. The number of hydrogen-bond donors (Lipinski definition) is 2. The van der Waals surface area contributed by atoms with Gasteiger partial charge in [-0.2, -0.15) is 0 Å². The average molecular weight is 515 g/mol. The molecular formula is C23H35BrN2O6. The monoisotopic (exact) mass is 514 g/mol. The molecule has 1 spiro atoms. The summed E-state index contributed by atoms with van der Waals surface area (Å²) >= 11 is 3.55. The molecule has 0 radical (unpaired) electrons. The number of rotatable bonds is 11. The van der Waals surface area contributed by atoms with E-state index in [4.69, 9.17) is 4.74 Å². The number of carboxylic acids is 1. The van der Waals surface area contributed by atoms with Gasteiger partial charge in [0.1, 0.15) is 11.6 Å². The van der Waals surface area contributed by atoms with Gasteiger partial charge in [0.2, 0.25) is 11.8 Å². The maximum Gasteiger partial charge on any atom is 0.310 e. The maximum absolute atomic E-state index is 14.0. The second-order valence-corrected chi connectivity index (χ2v) is 10.8. The molecule has 0 aromatic carbocycles. The quantitative estimate of drug-likeness (QED) is 0.322. The largest absolute Gasteiger partial charge is 0.481 e. The van der Waals surface area contributed by atoms with E-state index in [1.165, 1.54) is 4.90 Å². The van der Waals surface area contributed by atoms with Crippen LogP contribution < -0.4 is 0 Å². The van der Waals surface area contributed by atoms with Crippen molar-refractivity contribution >= 4 is 33.7 Å². The summed E-state index contributed by atoms with van der Waals surface area (Å²) in [5.74, 6) is -3.54. The number of nitrogens with zero attached hydrogens (tertiary/aromatic N) is 2. The lowest BCUT2D eigenvalue weighted by Gasteiger charge is -2.39. The lowest BCUT2D eigenvalue weighted by atomic mass is 9.70. The van der Waals surface area contributed by atoms with E-state index >= 15 is 0 Å². The van der Waals surface area contributed by atoms with Crippen LogP contribution in [0.15, 0.2) is 12.7 Å². The summed E-state index contributed by atoms with van der Waals surface area (Å²) in [6.07, 6.45) is 3.57. The molecule has 0 aliphatic carbocycles. The zero-order valence-corrected chi connectivity index (χ0v) is 20.7. The van der Waals surface area contributed by atoms with Gasteiger partial charge in [-0.25, -0.2) is 0 Å². The van der Waals surface area contributed by atoms with Crippen molar-refractivity contribution in [2.45, 2.75) is 75.1 Å². The Morgan fingerprint density at radius 3 is 2.66 bits per heavy atom. The Balaban J connectivity index is 2.10. The highest BCUT2D eigenvalue weighted by atomic mass is 79.9. The summed E-state index contributed by atoms with van der Waals surface area (Å²) in [4.78, 5) is 42.8. The summed E-state index contributed by atoms with van der Waals surface area (Å²) in [5.41, 5.74) is -1.22. The first-order valence-corrected chi connectivity index (χ1v) is 12.4. The molecule has 1 unspecified atom stereocenters. The Kier molecular flexibility index (Phi) is 7.72. The van der Waals surface area contributed by atoms with E-state index in [9.17, 15) is 24.6 Å².